The zero-order chi connectivity index (χ0) is 13.0. The molecule has 1 aromatic carbocycles. The average molecular weight is 304 g/mol. The van der Waals surface area contributed by atoms with Crippen LogP contribution in [0.1, 0.15) is 12.5 Å². The fourth-order valence-corrected chi connectivity index (χ4v) is 1.81. The SMILES string of the molecule is COc1ccc(CN(C)C(=O)C(C)Br)cc1F. The van der Waals surface area contributed by atoms with Crippen LogP contribution in [0.15, 0.2) is 18.2 Å². The Labute approximate surface area is 109 Å². The van der Waals surface area contributed by atoms with E-state index in [-0.39, 0.29) is 16.5 Å². The van der Waals surface area contributed by atoms with Gasteiger partial charge in [-0.3, -0.25) is 4.79 Å². The van der Waals surface area contributed by atoms with E-state index in [4.69, 9.17) is 4.74 Å². The van der Waals surface area contributed by atoms with Crippen LogP contribution in [0.3, 0.4) is 0 Å². The third kappa shape index (κ3) is 3.70. The number of nitrogens with zero attached hydrogens (tertiary/aromatic N) is 1. The minimum Gasteiger partial charge on any atom is -0.494 e. The Morgan fingerprint density at radius 3 is 2.71 bits per heavy atom. The monoisotopic (exact) mass is 303 g/mol. The van der Waals surface area contributed by atoms with Crippen molar-refractivity contribution in [3.63, 3.8) is 0 Å². The molecule has 3 nitrogen and oxygen atoms in total. The van der Waals surface area contributed by atoms with Crippen LogP contribution in [-0.4, -0.2) is 29.8 Å². The van der Waals surface area contributed by atoms with Gasteiger partial charge in [0.1, 0.15) is 0 Å². The van der Waals surface area contributed by atoms with Crippen molar-refractivity contribution in [1.82, 2.24) is 4.90 Å². The van der Waals surface area contributed by atoms with Crippen molar-refractivity contribution in [2.75, 3.05) is 14.2 Å². The number of rotatable bonds is 4. The van der Waals surface area contributed by atoms with Gasteiger partial charge in [-0.15, -0.1) is 0 Å². The van der Waals surface area contributed by atoms with Gasteiger partial charge < -0.3 is 9.64 Å². The van der Waals surface area contributed by atoms with Crippen LogP contribution in [0.25, 0.3) is 0 Å². The molecule has 0 N–H and O–H groups in total. The third-order valence-electron chi connectivity index (χ3n) is 2.35. The number of carbonyl (C=O) groups excluding carboxylic acids is 1. The third-order valence-corrected chi connectivity index (χ3v) is 2.74. The Bertz CT molecular complexity index is 409. The van der Waals surface area contributed by atoms with E-state index in [1.54, 1.807) is 31.0 Å². The largest absolute Gasteiger partial charge is 0.494 e. The van der Waals surface area contributed by atoms with Crippen molar-refractivity contribution in [2.24, 2.45) is 0 Å². The maximum absolute atomic E-state index is 13.4. The summed E-state index contributed by atoms with van der Waals surface area (Å²) in [5.41, 5.74) is 0.729. The Hall–Kier alpha value is -1.10. The van der Waals surface area contributed by atoms with Crippen molar-refractivity contribution in [3.05, 3.63) is 29.6 Å². The quantitative estimate of drug-likeness (QED) is 0.800. The first-order valence-electron chi connectivity index (χ1n) is 5.17. The highest BCUT2D eigenvalue weighted by molar-refractivity contribution is 9.10. The van der Waals surface area contributed by atoms with Crippen LogP contribution in [0, 0.1) is 5.82 Å². The van der Waals surface area contributed by atoms with Crippen molar-refractivity contribution in [1.29, 1.82) is 0 Å². The molecule has 17 heavy (non-hydrogen) atoms. The van der Waals surface area contributed by atoms with Gasteiger partial charge in [0.2, 0.25) is 5.91 Å². The molecule has 0 aliphatic heterocycles. The van der Waals surface area contributed by atoms with Gasteiger partial charge in [0, 0.05) is 13.6 Å². The summed E-state index contributed by atoms with van der Waals surface area (Å²) in [6, 6.07) is 4.67. The fraction of sp³-hybridized carbons (Fsp3) is 0.417. The second-order valence-electron chi connectivity index (χ2n) is 3.78. The number of hydrogen-bond donors (Lipinski definition) is 0. The first-order chi connectivity index (χ1) is 7.95. The van der Waals surface area contributed by atoms with E-state index in [9.17, 15) is 9.18 Å². The van der Waals surface area contributed by atoms with Crippen LogP contribution in [0.5, 0.6) is 5.75 Å². The maximum Gasteiger partial charge on any atom is 0.236 e. The van der Waals surface area contributed by atoms with Gasteiger partial charge in [-0.2, -0.15) is 0 Å². The Kier molecular flexibility index (Phi) is 4.93. The summed E-state index contributed by atoms with van der Waals surface area (Å²) >= 11 is 3.21. The average Bonchev–Trinajstić information content (AvgIpc) is 2.28. The molecule has 1 atom stereocenters. The Morgan fingerprint density at radius 1 is 1.59 bits per heavy atom. The molecule has 1 rings (SSSR count). The molecular weight excluding hydrogens is 289 g/mol. The van der Waals surface area contributed by atoms with Gasteiger partial charge in [0.15, 0.2) is 11.6 Å². The minimum absolute atomic E-state index is 0.0405. The number of carbonyl (C=O) groups is 1. The highest BCUT2D eigenvalue weighted by Gasteiger charge is 2.15. The predicted molar refractivity (Wildman–Crippen MR) is 67.8 cm³/mol. The normalized spacial score (nSPS) is 12.1. The van der Waals surface area contributed by atoms with Gasteiger partial charge in [-0.1, -0.05) is 22.0 Å². The van der Waals surface area contributed by atoms with E-state index in [0.717, 1.165) is 5.56 Å². The smallest absolute Gasteiger partial charge is 0.236 e. The van der Waals surface area contributed by atoms with Crippen molar-refractivity contribution < 1.29 is 13.9 Å². The molecule has 0 saturated carbocycles. The second-order valence-corrected chi connectivity index (χ2v) is 5.15. The summed E-state index contributed by atoms with van der Waals surface area (Å²) in [6.07, 6.45) is 0. The maximum atomic E-state index is 13.4. The molecule has 0 radical (unpaired) electrons. The van der Waals surface area contributed by atoms with E-state index >= 15 is 0 Å². The van der Waals surface area contributed by atoms with Crippen LogP contribution < -0.4 is 4.74 Å². The molecule has 0 aromatic heterocycles. The molecule has 1 amide bonds. The summed E-state index contributed by atoms with van der Waals surface area (Å²) in [4.78, 5) is 12.9. The first kappa shape index (κ1) is 14.0. The molecule has 1 aromatic rings. The lowest BCUT2D eigenvalue weighted by molar-refractivity contribution is -0.129. The number of methoxy groups -OCH3 is 1. The van der Waals surface area contributed by atoms with Crippen molar-refractivity contribution in [3.8, 4) is 5.75 Å². The van der Waals surface area contributed by atoms with E-state index in [1.165, 1.54) is 13.2 Å². The number of hydrogen-bond acceptors (Lipinski definition) is 2. The van der Waals surface area contributed by atoms with Crippen molar-refractivity contribution in [2.45, 2.75) is 18.3 Å². The van der Waals surface area contributed by atoms with Gasteiger partial charge in [-0.25, -0.2) is 4.39 Å². The lowest BCUT2D eigenvalue weighted by Gasteiger charge is -2.18. The molecule has 0 aliphatic rings. The van der Waals surface area contributed by atoms with E-state index in [0.29, 0.717) is 6.54 Å². The summed E-state index contributed by atoms with van der Waals surface area (Å²) < 4.78 is 18.3. The molecule has 0 fully saturated rings. The summed E-state index contributed by atoms with van der Waals surface area (Å²) in [5.74, 6) is -0.254. The molecular formula is C12H15BrFNO2. The lowest BCUT2D eigenvalue weighted by Crippen LogP contribution is -2.31. The molecule has 94 valence electrons. The Morgan fingerprint density at radius 2 is 2.24 bits per heavy atom. The standard InChI is InChI=1S/C12H15BrFNO2/c1-8(13)12(16)15(2)7-9-4-5-11(17-3)10(14)6-9/h4-6,8H,7H2,1-3H3. The second kappa shape index (κ2) is 6.00. The summed E-state index contributed by atoms with van der Waals surface area (Å²) in [6.45, 7) is 2.13. The molecule has 0 heterocycles. The van der Waals surface area contributed by atoms with Crippen LogP contribution in [0.2, 0.25) is 0 Å². The van der Waals surface area contributed by atoms with E-state index in [2.05, 4.69) is 15.9 Å². The molecule has 1 unspecified atom stereocenters. The lowest BCUT2D eigenvalue weighted by atomic mass is 10.2. The summed E-state index contributed by atoms with van der Waals surface area (Å²) in [5, 5.41) is 0. The van der Waals surface area contributed by atoms with Gasteiger partial charge in [0.25, 0.3) is 0 Å². The zero-order valence-electron chi connectivity index (χ0n) is 10.0. The van der Waals surface area contributed by atoms with E-state index in [1.807, 2.05) is 0 Å². The minimum atomic E-state index is -0.419. The van der Waals surface area contributed by atoms with Crippen LogP contribution in [-0.2, 0) is 11.3 Å². The van der Waals surface area contributed by atoms with Crippen LogP contribution >= 0.6 is 15.9 Å². The number of alkyl halides is 1. The first-order valence-corrected chi connectivity index (χ1v) is 6.08. The van der Waals surface area contributed by atoms with Gasteiger partial charge in [0.05, 0.1) is 11.9 Å². The number of ether oxygens (including phenoxy) is 1. The molecule has 5 heteroatoms. The predicted octanol–water partition coefficient (Wildman–Crippen LogP) is 2.58. The topological polar surface area (TPSA) is 29.5 Å². The van der Waals surface area contributed by atoms with Gasteiger partial charge >= 0.3 is 0 Å². The van der Waals surface area contributed by atoms with Crippen molar-refractivity contribution >= 4 is 21.8 Å². The van der Waals surface area contributed by atoms with E-state index < -0.39 is 5.82 Å². The molecule has 0 saturated heterocycles. The molecule has 0 aliphatic carbocycles. The Balaban J connectivity index is 2.75. The highest BCUT2D eigenvalue weighted by Crippen LogP contribution is 2.18. The fourth-order valence-electron chi connectivity index (χ4n) is 1.46. The van der Waals surface area contributed by atoms with Gasteiger partial charge in [-0.05, 0) is 24.6 Å². The molecule has 0 bridgehead atoms. The summed E-state index contributed by atoms with van der Waals surface area (Å²) in [7, 11) is 3.10. The zero-order valence-corrected chi connectivity index (χ0v) is 11.6. The number of benzene rings is 1. The number of halogens is 2. The number of amides is 1. The highest BCUT2D eigenvalue weighted by atomic mass is 79.9. The van der Waals surface area contributed by atoms with Crippen LogP contribution in [0.4, 0.5) is 4.39 Å². The molecule has 0 spiro atoms.